The molecule has 2 heterocycles. The normalized spacial score (nSPS) is 13.8. The van der Waals surface area contributed by atoms with Gasteiger partial charge in [0, 0.05) is 24.4 Å². The van der Waals surface area contributed by atoms with E-state index in [0.717, 1.165) is 25.1 Å². The Balaban J connectivity index is 1.83. The molecule has 0 aliphatic carbocycles. The van der Waals surface area contributed by atoms with E-state index in [4.69, 9.17) is 0 Å². The van der Waals surface area contributed by atoms with Crippen LogP contribution in [-0.4, -0.2) is 16.9 Å². The molecule has 0 atom stereocenters. The fourth-order valence-electron chi connectivity index (χ4n) is 2.64. The highest BCUT2D eigenvalue weighted by Gasteiger charge is 2.13. The van der Waals surface area contributed by atoms with Gasteiger partial charge in [-0.05, 0) is 48.7 Å². The molecule has 0 unspecified atom stereocenters. The Morgan fingerprint density at radius 1 is 1.24 bits per heavy atom. The van der Waals surface area contributed by atoms with Crippen molar-refractivity contribution in [3.63, 3.8) is 0 Å². The first-order chi connectivity index (χ1) is 10.1. The molecule has 1 aromatic heterocycles. The van der Waals surface area contributed by atoms with Crippen molar-refractivity contribution in [2.24, 2.45) is 0 Å². The van der Waals surface area contributed by atoms with Crippen molar-refractivity contribution in [1.82, 2.24) is 9.88 Å². The number of nitrogens with one attached hydrogen (secondary N) is 1. The van der Waals surface area contributed by atoms with Crippen molar-refractivity contribution in [2.45, 2.75) is 26.4 Å². The third kappa shape index (κ3) is 2.95. The smallest absolute Gasteiger partial charge is 0.251 e. The molecule has 1 aliphatic rings. The van der Waals surface area contributed by atoms with Crippen molar-refractivity contribution in [3.8, 4) is 0 Å². The van der Waals surface area contributed by atoms with E-state index in [1.54, 1.807) is 12.3 Å². The summed E-state index contributed by atoms with van der Waals surface area (Å²) in [5.41, 5.74) is 3.93. The number of aromatic nitrogens is 1. The lowest BCUT2D eigenvalue weighted by Crippen LogP contribution is -2.25. The maximum absolute atomic E-state index is 12.4. The van der Waals surface area contributed by atoms with Crippen molar-refractivity contribution in [3.05, 3.63) is 69.1 Å². The minimum atomic E-state index is -0.136. The van der Waals surface area contributed by atoms with Gasteiger partial charge in [-0.2, -0.15) is 0 Å². The Morgan fingerprint density at radius 2 is 2.10 bits per heavy atom. The zero-order chi connectivity index (χ0) is 14.8. The molecule has 3 rings (SSSR count). The first-order valence-electron chi connectivity index (χ1n) is 7.16. The van der Waals surface area contributed by atoms with E-state index >= 15 is 0 Å². The fourth-order valence-corrected chi connectivity index (χ4v) is 2.64. The van der Waals surface area contributed by atoms with Crippen LogP contribution in [0.15, 0.2) is 41.3 Å². The summed E-state index contributed by atoms with van der Waals surface area (Å²) >= 11 is 0. The number of nitrogens with zero attached hydrogens (tertiary/aromatic N) is 1. The van der Waals surface area contributed by atoms with Crippen molar-refractivity contribution >= 4 is 5.78 Å². The molecule has 1 N–H and O–H groups in total. The summed E-state index contributed by atoms with van der Waals surface area (Å²) < 4.78 is 1.45. The summed E-state index contributed by atoms with van der Waals surface area (Å²) in [7, 11) is 0. The van der Waals surface area contributed by atoms with Crippen LogP contribution in [0.4, 0.5) is 0 Å². The molecule has 21 heavy (non-hydrogen) atoms. The standard InChI is InChI=1S/C17H18N2O2/c1-12-5-7-19(17(21)8-12)11-16(20)14-3-2-13-4-6-18-10-15(13)9-14/h2-3,5,7-9,18H,4,6,10-11H2,1H3. The molecular weight excluding hydrogens is 264 g/mol. The highest BCUT2D eigenvalue weighted by Crippen LogP contribution is 2.16. The zero-order valence-electron chi connectivity index (χ0n) is 12.1. The van der Waals surface area contributed by atoms with E-state index < -0.39 is 0 Å². The second-order valence-electron chi connectivity index (χ2n) is 5.50. The first kappa shape index (κ1) is 13.8. The molecule has 0 saturated carbocycles. The Hall–Kier alpha value is -2.20. The van der Waals surface area contributed by atoms with Crippen LogP contribution in [0.3, 0.4) is 0 Å². The van der Waals surface area contributed by atoms with Gasteiger partial charge < -0.3 is 9.88 Å². The van der Waals surface area contributed by atoms with Crippen molar-refractivity contribution < 1.29 is 4.79 Å². The molecule has 2 aromatic rings. The molecule has 0 radical (unpaired) electrons. The average molecular weight is 282 g/mol. The molecule has 0 saturated heterocycles. The quantitative estimate of drug-likeness (QED) is 0.872. The Labute approximate surface area is 123 Å². The van der Waals surface area contributed by atoms with E-state index in [2.05, 4.69) is 5.32 Å². The average Bonchev–Trinajstić information content (AvgIpc) is 2.49. The summed E-state index contributed by atoms with van der Waals surface area (Å²) in [6, 6.07) is 9.23. The van der Waals surface area contributed by atoms with E-state index in [-0.39, 0.29) is 17.9 Å². The van der Waals surface area contributed by atoms with Crippen LogP contribution in [0, 0.1) is 6.92 Å². The minimum absolute atomic E-state index is 0.0330. The Bertz CT molecular complexity index is 747. The van der Waals surface area contributed by atoms with Gasteiger partial charge in [0.1, 0.15) is 0 Å². The SMILES string of the molecule is Cc1ccn(CC(=O)c2ccc3c(c2)CNCC3)c(=O)c1. The molecule has 4 heteroatoms. The van der Waals surface area contributed by atoms with Gasteiger partial charge in [-0.3, -0.25) is 9.59 Å². The third-order valence-electron chi connectivity index (χ3n) is 3.88. The van der Waals surface area contributed by atoms with Crippen LogP contribution in [0.1, 0.15) is 27.0 Å². The lowest BCUT2D eigenvalue weighted by molar-refractivity contribution is 0.0970. The van der Waals surface area contributed by atoms with Crippen LogP contribution in [0.25, 0.3) is 0 Å². The number of rotatable bonds is 3. The summed E-state index contributed by atoms with van der Waals surface area (Å²) in [5, 5.41) is 3.31. The molecule has 1 aromatic carbocycles. The van der Waals surface area contributed by atoms with E-state index in [1.165, 1.54) is 15.7 Å². The van der Waals surface area contributed by atoms with Gasteiger partial charge >= 0.3 is 0 Å². The van der Waals surface area contributed by atoms with Gasteiger partial charge in [-0.25, -0.2) is 0 Å². The van der Waals surface area contributed by atoms with E-state index in [1.807, 2.05) is 31.2 Å². The summed E-state index contributed by atoms with van der Waals surface area (Å²) in [4.78, 5) is 24.2. The zero-order valence-corrected chi connectivity index (χ0v) is 12.1. The molecule has 0 bridgehead atoms. The summed E-state index contributed by atoms with van der Waals surface area (Å²) in [6.45, 7) is 3.75. The largest absolute Gasteiger partial charge is 0.312 e. The number of hydrogen-bond acceptors (Lipinski definition) is 3. The van der Waals surface area contributed by atoms with E-state index in [9.17, 15) is 9.59 Å². The number of ketones is 1. The molecular formula is C17H18N2O2. The second-order valence-corrected chi connectivity index (χ2v) is 5.50. The molecule has 108 valence electrons. The summed E-state index contributed by atoms with van der Waals surface area (Å²) in [5.74, 6) is -0.0330. The van der Waals surface area contributed by atoms with Gasteiger partial charge in [0.25, 0.3) is 5.56 Å². The number of aryl methyl sites for hydroxylation is 1. The molecule has 1 aliphatic heterocycles. The monoisotopic (exact) mass is 282 g/mol. The fraction of sp³-hybridized carbons (Fsp3) is 0.294. The van der Waals surface area contributed by atoms with Gasteiger partial charge in [-0.1, -0.05) is 12.1 Å². The number of carbonyl (C=O) groups excluding carboxylic acids is 1. The number of benzene rings is 1. The topological polar surface area (TPSA) is 51.1 Å². The molecule has 0 amide bonds. The lowest BCUT2D eigenvalue weighted by Gasteiger charge is -2.17. The number of carbonyl (C=O) groups is 1. The maximum Gasteiger partial charge on any atom is 0.251 e. The highest BCUT2D eigenvalue weighted by molar-refractivity contribution is 5.96. The van der Waals surface area contributed by atoms with Gasteiger partial charge in [0.15, 0.2) is 5.78 Å². The second kappa shape index (κ2) is 5.66. The van der Waals surface area contributed by atoms with Gasteiger partial charge in [-0.15, -0.1) is 0 Å². The van der Waals surface area contributed by atoms with Crippen LogP contribution >= 0.6 is 0 Å². The lowest BCUT2D eigenvalue weighted by atomic mass is 9.97. The number of fused-ring (bicyclic) bond motifs is 1. The van der Waals surface area contributed by atoms with Crippen LogP contribution in [0.2, 0.25) is 0 Å². The third-order valence-corrected chi connectivity index (χ3v) is 3.88. The number of hydrogen-bond donors (Lipinski definition) is 1. The Kier molecular flexibility index (Phi) is 3.71. The maximum atomic E-state index is 12.4. The van der Waals surface area contributed by atoms with E-state index in [0.29, 0.717) is 5.56 Å². The first-order valence-corrected chi connectivity index (χ1v) is 7.16. The molecule has 4 nitrogen and oxygen atoms in total. The summed E-state index contributed by atoms with van der Waals surface area (Å²) in [6.07, 6.45) is 2.68. The van der Waals surface area contributed by atoms with Crippen molar-refractivity contribution in [1.29, 1.82) is 0 Å². The molecule has 0 fully saturated rings. The van der Waals surface area contributed by atoms with Crippen molar-refractivity contribution in [2.75, 3.05) is 6.54 Å². The van der Waals surface area contributed by atoms with Crippen LogP contribution < -0.4 is 10.9 Å². The highest BCUT2D eigenvalue weighted by atomic mass is 16.1. The van der Waals surface area contributed by atoms with Gasteiger partial charge in [0.05, 0.1) is 6.54 Å². The number of pyridine rings is 1. The molecule has 0 spiro atoms. The predicted molar refractivity (Wildman–Crippen MR) is 81.6 cm³/mol. The van der Waals surface area contributed by atoms with Crippen LogP contribution in [0.5, 0.6) is 0 Å². The number of Topliss-reactive ketones (excluding diaryl/α,β-unsaturated/α-hetero) is 1. The minimum Gasteiger partial charge on any atom is -0.312 e. The van der Waals surface area contributed by atoms with Crippen LogP contribution in [-0.2, 0) is 19.5 Å². The Morgan fingerprint density at radius 3 is 2.90 bits per heavy atom. The predicted octanol–water partition coefficient (Wildman–Crippen LogP) is 1.69. The van der Waals surface area contributed by atoms with Gasteiger partial charge in [0.2, 0.25) is 0 Å².